The van der Waals surface area contributed by atoms with Gasteiger partial charge in [-0.25, -0.2) is 0 Å². The molecule has 1 aromatic carbocycles. The van der Waals surface area contributed by atoms with Crippen LogP contribution in [0, 0.1) is 5.41 Å². The van der Waals surface area contributed by atoms with E-state index in [9.17, 15) is 0 Å². The molecule has 0 radical (unpaired) electrons. The molecule has 1 N–H and O–H groups in total. The maximum absolute atomic E-state index is 6.23. The number of hydrogen-bond donors (Lipinski definition) is 1. The molecule has 3 nitrogen and oxygen atoms in total. The van der Waals surface area contributed by atoms with Crippen LogP contribution in [0.1, 0.15) is 32.8 Å². The van der Waals surface area contributed by atoms with Crippen LogP contribution in [0.25, 0.3) is 11.0 Å². The summed E-state index contributed by atoms with van der Waals surface area (Å²) in [5.41, 5.74) is 2.05. The van der Waals surface area contributed by atoms with Gasteiger partial charge in [0.25, 0.3) is 0 Å². The Kier molecular flexibility index (Phi) is 4.00. The van der Waals surface area contributed by atoms with Crippen molar-refractivity contribution in [1.29, 1.82) is 0 Å². The van der Waals surface area contributed by atoms with Crippen LogP contribution in [0.5, 0.6) is 0 Å². The predicted octanol–water partition coefficient (Wildman–Crippen LogP) is 4.38. The molecule has 2 unspecified atom stereocenters. The Morgan fingerprint density at radius 1 is 1.38 bits per heavy atom. The van der Waals surface area contributed by atoms with Crippen molar-refractivity contribution in [3.8, 4) is 0 Å². The molecule has 0 amide bonds. The minimum atomic E-state index is 0.155. The number of fused-ring (bicyclic) bond motifs is 1. The maximum atomic E-state index is 6.23. The zero-order valence-electron chi connectivity index (χ0n) is 12.8. The highest BCUT2D eigenvalue weighted by Crippen LogP contribution is 2.43. The summed E-state index contributed by atoms with van der Waals surface area (Å²) in [5.74, 6) is 0. The van der Waals surface area contributed by atoms with Crippen LogP contribution in [0.3, 0.4) is 0 Å². The van der Waals surface area contributed by atoms with Crippen LogP contribution in [-0.2, 0) is 11.3 Å². The largest absolute Gasteiger partial charge is 0.444 e. The first kappa shape index (κ1) is 14.9. The topological polar surface area (TPSA) is 34.4 Å². The number of benzene rings is 1. The molecule has 0 saturated heterocycles. The van der Waals surface area contributed by atoms with Crippen molar-refractivity contribution in [2.75, 3.05) is 6.61 Å². The van der Waals surface area contributed by atoms with Gasteiger partial charge in [-0.3, -0.25) is 0 Å². The third-order valence-corrected chi connectivity index (χ3v) is 5.03. The summed E-state index contributed by atoms with van der Waals surface area (Å²) in [5, 5.41) is 5.19. The lowest BCUT2D eigenvalue weighted by Gasteiger charge is -2.52. The Hall–Kier alpha value is -1.03. The van der Waals surface area contributed by atoms with Gasteiger partial charge < -0.3 is 14.5 Å². The Balaban J connectivity index is 1.69. The van der Waals surface area contributed by atoms with Gasteiger partial charge >= 0.3 is 0 Å². The molecule has 0 bridgehead atoms. The highest BCUT2D eigenvalue weighted by Gasteiger charge is 2.48. The van der Waals surface area contributed by atoms with E-state index in [1.165, 1.54) is 0 Å². The van der Waals surface area contributed by atoms with E-state index in [4.69, 9.17) is 20.8 Å². The van der Waals surface area contributed by atoms with Crippen molar-refractivity contribution in [2.24, 2.45) is 5.41 Å². The molecule has 1 saturated carbocycles. The molecule has 4 heteroatoms. The highest BCUT2D eigenvalue weighted by atomic mass is 35.5. The fourth-order valence-electron chi connectivity index (χ4n) is 3.17. The zero-order chi connectivity index (χ0) is 15.0. The lowest BCUT2D eigenvalue weighted by molar-refractivity contribution is -0.114. The molecule has 2 atom stereocenters. The second-order valence-corrected chi connectivity index (χ2v) is 6.63. The van der Waals surface area contributed by atoms with Crippen LogP contribution in [0.15, 0.2) is 28.7 Å². The van der Waals surface area contributed by atoms with Crippen LogP contribution in [-0.4, -0.2) is 18.8 Å². The van der Waals surface area contributed by atoms with E-state index in [2.05, 4.69) is 25.2 Å². The van der Waals surface area contributed by atoms with Gasteiger partial charge in [0.05, 0.1) is 6.10 Å². The van der Waals surface area contributed by atoms with E-state index < -0.39 is 0 Å². The SMILES string of the molecule is CCOC1CC(NCc2c(Cl)oc3ccccc23)C1(C)C. The monoisotopic (exact) mass is 307 g/mol. The average Bonchev–Trinajstić information content (AvgIpc) is 2.78. The molecule has 1 fully saturated rings. The Morgan fingerprint density at radius 2 is 2.14 bits per heavy atom. The summed E-state index contributed by atoms with van der Waals surface area (Å²) in [6.07, 6.45) is 1.39. The molecule has 1 aliphatic carbocycles. The molecule has 0 aliphatic heterocycles. The predicted molar refractivity (Wildman–Crippen MR) is 85.7 cm³/mol. The molecular formula is C17H22ClNO2. The fraction of sp³-hybridized carbons (Fsp3) is 0.529. The van der Waals surface area contributed by atoms with Crippen molar-refractivity contribution in [1.82, 2.24) is 5.32 Å². The second kappa shape index (κ2) is 5.64. The number of rotatable bonds is 5. The van der Waals surface area contributed by atoms with E-state index in [-0.39, 0.29) is 5.41 Å². The summed E-state index contributed by atoms with van der Waals surface area (Å²) in [7, 11) is 0. The first-order chi connectivity index (χ1) is 10.0. The first-order valence-electron chi connectivity index (χ1n) is 7.55. The van der Waals surface area contributed by atoms with Gasteiger partial charge in [0, 0.05) is 35.6 Å². The summed E-state index contributed by atoms with van der Waals surface area (Å²) in [6, 6.07) is 8.41. The zero-order valence-corrected chi connectivity index (χ0v) is 13.5. The van der Waals surface area contributed by atoms with Gasteiger partial charge in [0.1, 0.15) is 5.58 Å². The van der Waals surface area contributed by atoms with Gasteiger partial charge in [-0.05, 0) is 31.0 Å². The number of furan rings is 1. The minimum absolute atomic E-state index is 0.155. The molecule has 2 aromatic rings. The number of nitrogens with one attached hydrogen (secondary N) is 1. The van der Waals surface area contributed by atoms with E-state index in [0.717, 1.165) is 36.1 Å². The fourth-order valence-corrected chi connectivity index (χ4v) is 3.43. The summed E-state index contributed by atoms with van der Waals surface area (Å²) in [6.45, 7) is 8.06. The standard InChI is InChI=1S/C17H22ClNO2/c1-4-20-15-9-14(17(15,2)3)19-10-12-11-7-5-6-8-13(11)21-16(12)18/h5-8,14-15,19H,4,9-10H2,1-3H3. The van der Waals surface area contributed by atoms with Gasteiger partial charge in [-0.1, -0.05) is 32.0 Å². The van der Waals surface area contributed by atoms with Gasteiger partial charge in [-0.2, -0.15) is 0 Å². The summed E-state index contributed by atoms with van der Waals surface area (Å²) in [4.78, 5) is 0. The Labute approximate surface area is 130 Å². The Bertz CT molecular complexity index is 635. The lowest BCUT2D eigenvalue weighted by Crippen LogP contribution is -2.60. The molecule has 21 heavy (non-hydrogen) atoms. The number of hydrogen-bond acceptors (Lipinski definition) is 3. The third-order valence-electron chi connectivity index (χ3n) is 4.72. The summed E-state index contributed by atoms with van der Waals surface area (Å²) < 4.78 is 11.4. The van der Waals surface area contributed by atoms with Crippen LogP contribution < -0.4 is 5.32 Å². The molecule has 1 aromatic heterocycles. The van der Waals surface area contributed by atoms with Gasteiger partial charge in [-0.15, -0.1) is 0 Å². The smallest absolute Gasteiger partial charge is 0.199 e. The normalized spacial score (nSPS) is 24.2. The number of para-hydroxylation sites is 1. The minimum Gasteiger partial charge on any atom is -0.444 e. The molecule has 1 heterocycles. The lowest BCUT2D eigenvalue weighted by atomic mass is 9.64. The van der Waals surface area contributed by atoms with E-state index in [0.29, 0.717) is 17.4 Å². The number of ether oxygens (including phenoxy) is 1. The molecule has 0 spiro atoms. The van der Waals surface area contributed by atoms with Gasteiger partial charge in [0.2, 0.25) is 0 Å². The average molecular weight is 308 g/mol. The van der Waals surface area contributed by atoms with Gasteiger partial charge in [0.15, 0.2) is 5.22 Å². The van der Waals surface area contributed by atoms with Crippen molar-refractivity contribution in [3.05, 3.63) is 35.0 Å². The van der Waals surface area contributed by atoms with E-state index >= 15 is 0 Å². The quantitative estimate of drug-likeness (QED) is 0.890. The molecule has 3 rings (SSSR count). The second-order valence-electron chi connectivity index (χ2n) is 6.29. The maximum Gasteiger partial charge on any atom is 0.199 e. The third kappa shape index (κ3) is 2.59. The van der Waals surface area contributed by atoms with Crippen molar-refractivity contribution in [2.45, 2.75) is 45.9 Å². The van der Waals surface area contributed by atoms with E-state index in [1.54, 1.807) is 0 Å². The number of halogens is 1. The van der Waals surface area contributed by atoms with E-state index in [1.807, 2.05) is 25.1 Å². The highest BCUT2D eigenvalue weighted by molar-refractivity contribution is 6.30. The van der Waals surface area contributed by atoms with Crippen molar-refractivity contribution >= 4 is 22.6 Å². The van der Waals surface area contributed by atoms with Crippen molar-refractivity contribution in [3.63, 3.8) is 0 Å². The first-order valence-corrected chi connectivity index (χ1v) is 7.92. The Morgan fingerprint density at radius 3 is 2.86 bits per heavy atom. The van der Waals surface area contributed by atoms with Crippen LogP contribution in [0.4, 0.5) is 0 Å². The van der Waals surface area contributed by atoms with Crippen LogP contribution in [0.2, 0.25) is 5.22 Å². The molecule has 114 valence electrons. The summed E-state index contributed by atoms with van der Waals surface area (Å²) >= 11 is 6.23. The molecular weight excluding hydrogens is 286 g/mol. The van der Waals surface area contributed by atoms with Crippen LogP contribution >= 0.6 is 11.6 Å². The molecule has 1 aliphatic rings. The van der Waals surface area contributed by atoms with Crippen molar-refractivity contribution < 1.29 is 9.15 Å².